The van der Waals surface area contributed by atoms with Crippen LogP contribution in [-0.4, -0.2) is 22.0 Å². The highest BCUT2D eigenvalue weighted by molar-refractivity contribution is 6.31. The second-order valence-corrected chi connectivity index (χ2v) is 4.91. The zero-order chi connectivity index (χ0) is 14.5. The molecule has 110 valence electrons. The number of nitrogens with two attached hydrogens (primary N) is 1. The van der Waals surface area contributed by atoms with E-state index >= 15 is 0 Å². The number of hydrogen-bond donors (Lipinski definition) is 2. The van der Waals surface area contributed by atoms with E-state index < -0.39 is 0 Å². The maximum Gasteiger partial charge on any atom is 0.0933 e. The molecule has 0 aliphatic carbocycles. The molecule has 1 aromatic rings. The third-order valence-corrected chi connectivity index (χ3v) is 4.02. The van der Waals surface area contributed by atoms with Crippen molar-refractivity contribution in [1.29, 1.82) is 0 Å². The van der Waals surface area contributed by atoms with Crippen molar-refractivity contribution in [3.8, 4) is 0 Å². The van der Waals surface area contributed by atoms with Crippen molar-refractivity contribution in [2.75, 3.05) is 6.61 Å². The van der Waals surface area contributed by atoms with E-state index in [9.17, 15) is 0 Å². The lowest BCUT2D eigenvalue weighted by Crippen LogP contribution is -2.49. The Morgan fingerprint density at radius 2 is 2.05 bits per heavy atom. The lowest BCUT2D eigenvalue weighted by atomic mass is 9.86. The Morgan fingerprint density at radius 1 is 1.42 bits per heavy atom. The summed E-state index contributed by atoms with van der Waals surface area (Å²) in [7, 11) is 0. The molecule has 0 radical (unpaired) electrons. The number of nitrogens with one attached hydrogen (secondary N) is 1. The molecule has 1 rings (SSSR count). The van der Waals surface area contributed by atoms with E-state index in [-0.39, 0.29) is 11.6 Å². The van der Waals surface area contributed by atoms with Crippen LogP contribution >= 0.6 is 11.6 Å². The van der Waals surface area contributed by atoms with Crippen molar-refractivity contribution in [1.82, 2.24) is 15.2 Å². The molecule has 0 amide bonds. The van der Waals surface area contributed by atoms with Crippen molar-refractivity contribution < 1.29 is 4.74 Å². The van der Waals surface area contributed by atoms with Gasteiger partial charge < -0.3 is 4.74 Å². The zero-order valence-corrected chi connectivity index (χ0v) is 13.0. The third-order valence-electron chi connectivity index (χ3n) is 3.73. The van der Waals surface area contributed by atoms with Crippen LogP contribution in [0.15, 0.2) is 6.20 Å². The Hall–Kier alpha value is -0.620. The van der Waals surface area contributed by atoms with Crippen LogP contribution in [0, 0.1) is 0 Å². The van der Waals surface area contributed by atoms with Gasteiger partial charge in [0.05, 0.1) is 28.6 Å². The second-order valence-electron chi connectivity index (χ2n) is 4.50. The molecule has 1 atom stereocenters. The van der Waals surface area contributed by atoms with Crippen molar-refractivity contribution in [2.45, 2.75) is 58.7 Å². The van der Waals surface area contributed by atoms with Crippen LogP contribution in [0.3, 0.4) is 0 Å². The highest BCUT2D eigenvalue weighted by Crippen LogP contribution is 2.37. The number of nitrogens with zero attached hydrogens (tertiary/aromatic N) is 2. The molecule has 0 saturated carbocycles. The number of ether oxygens (including phenoxy) is 1. The van der Waals surface area contributed by atoms with Gasteiger partial charge in [-0.1, -0.05) is 25.4 Å². The number of aryl methyl sites for hydroxylation is 1. The van der Waals surface area contributed by atoms with Gasteiger partial charge in [0.2, 0.25) is 0 Å². The molecular weight excluding hydrogens is 264 g/mol. The second kappa shape index (κ2) is 7.24. The maximum atomic E-state index is 6.28. The third kappa shape index (κ3) is 3.11. The Kier molecular flexibility index (Phi) is 6.26. The lowest BCUT2D eigenvalue weighted by Gasteiger charge is -2.39. The Balaban J connectivity index is 3.26. The smallest absolute Gasteiger partial charge is 0.0933 e. The van der Waals surface area contributed by atoms with Crippen LogP contribution in [0.2, 0.25) is 5.02 Å². The minimum absolute atomic E-state index is 0.183. The van der Waals surface area contributed by atoms with Gasteiger partial charge in [0.1, 0.15) is 0 Å². The van der Waals surface area contributed by atoms with Crippen LogP contribution < -0.4 is 11.3 Å². The van der Waals surface area contributed by atoms with E-state index in [1.54, 1.807) is 6.20 Å². The Morgan fingerprint density at radius 3 is 2.47 bits per heavy atom. The average molecular weight is 289 g/mol. The van der Waals surface area contributed by atoms with Crippen LogP contribution in [0.5, 0.6) is 0 Å². The molecule has 0 fully saturated rings. The summed E-state index contributed by atoms with van der Waals surface area (Å²) in [4.78, 5) is 0. The summed E-state index contributed by atoms with van der Waals surface area (Å²) in [5.41, 5.74) is 3.39. The van der Waals surface area contributed by atoms with E-state index in [0.29, 0.717) is 11.6 Å². The van der Waals surface area contributed by atoms with Gasteiger partial charge in [0.15, 0.2) is 0 Å². The number of rotatable bonds is 8. The maximum absolute atomic E-state index is 6.28. The first-order valence-corrected chi connectivity index (χ1v) is 7.29. The van der Waals surface area contributed by atoms with Gasteiger partial charge in [-0.3, -0.25) is 10.5 Å². The first-order valence-electron chi connectivity index (χ1n) is 6.91. The topological polar surface area (TPSA) is 65.1 Å². The lowest BCUT2D eigenvalue weighted by molar-refractivity contribution is -0.0751. The predicted octanol–water partition coefficient (Wildman–Crippen LogP) is 2.66. The summed E-state index contributed by atoms with van der Waals surface area (Å²) in [5, 5.41) is 4.90. The fourth-order valence-electron chi connectivity index (χ4n) is 2.62. The van der Waals surface area contributed by atoms with Crippen LogP contribution in [0.25, 0.3) is 0 Å². The standard InChI is InChI=1S/C13H25ClN4O/c1-5-13(6-2,19-8-4)12(17-15)11-10(14)9-16-18(11)7-3/h9,12,17H,5-8,15H2,1-4H3. The summed E-state index contributed by atoms with van der Waals surface area (Å²) in [5.74, 6) is 5.79. The largest absolute Gasteiger partial charge is 0.373 e. The first-order chi connectivity index (χ1) is 9.10. The van der Waals surface area contributed by atoms with Gasteiger partial charge >= 0.3 is 0 Å². The van der Waals surface area contributed by atoms with Crippen molar-refractivity contribution >= 4 is 11.6 Å². The van der Waals surface area contributed by atoms with Crippen LogP contribution in [-0.2, 0) is 11.3 Å². The van der Waals surface area contributed by atoms with E-state index in [1.165, 1.54) is 0 Å². The number of halogens is 1. The van der Waals surface area contributed by atoms with Crippen molar-refractivity contribution in [3.05, 3.63) is 16.9 Å². The predicted molar refractivity (Wildman–Crippen MR) is 77.9 cm³/mol. The fourth-order valence-corrected chi connectivity index (χ4v) is 2.87. The molecule has 0 spiro atoms. The summed E-state index contributed by atoms with van der Waals surface area (Å²) < 4.78 is 7.88. The van der Waals surface area contributed by atoms with E-state index in [2.05, 4.69) is 24.4 Å². The fraction of sp³-hybridized carbons (Fsp3) is 0.769. The molecule has 1 heterocycles. The SMILES string of the molecule is CCOC(CC)(CC)C(NN)c1c(Cl)cnn1CC. The molecule has 1 aromatic heterocycles. The molecule has 0 saturated heterocycles. The quantitative estimate of drug-likeness (QED) is 0.570. The first kappa shape index (κ1) is 16.4. The normalized spacial score (nSPS) is 13.8. The van der Waals surface area contributed by atoms with Gasteiger partial charge in [-0.25, -0.2) is 5.43 Å². The Bertz CT molecular complexity index is 390. The molecule has 19 heavy (non-hydrogen) atoms. The number of hydrazine groups is 1. The zero-order valence-electron chi connectivity index (χ0n) is 12.2. The van der Waals surface area contributed by atoms with Crippen molar-refractivity contribution in [3.63, 3.8) is 0 Å². The monoisotopic (exact) mass is 288 g/mol. The van der Waals surface area contributed by atoms with E-state index in [0.717, 1.165) is 25.1 Å². The minimum atomic E-state index is -0.375. The summed E-state index contributed by atoms with van der Waals surface area (Å²) in [6.07, 6.45) is 3.35. The number of hydrogen-bond acceptors (Lipinski definition) is 4. The van der Waals surface area contributed by atoms with Crippen LogP contribution in [0.4, 0.5) is 0 Å². The van der Waals surface area contributed by atoms with Crippen molar-refractivity contribution in [2.24, 2.45) is 5.84 Å². The molecule has 5 nitrogen and oxygen atoms in total. The number of aromatic nitrogens is 2. The van der Waals surface area contributed by atoms with Gasteiger partial charge in [-0.2, -0.15) is 5.10 Å². The summed E-state index contributed by atoms with van der Waals surface area (Å²) in [6, 6.07) is -0.183. The molecule has 1 unspecified atom stereocenters. The van der Waals surface area contributed by atoms with Crippen LogP contribution in [0.1, 0.15) is 52.3 Å². The molecule has 0 aliphatic rings. The Labute approximate surface area is 120 Å². The minimum Gasteiger partial charge on any atom is -0.373 e. The molecule has 0 bridgehead atoms. The van der Waals surface area contributed by atoms with E-state index in [1.807, 2.05) is 18.5 Å². The molecule has 3 N–H and O–H groups in total. The van der Waals surface area contributed by atoms with Gasteiger partial charge in [0.25, 0.3) is 0 Å². The summed E-state index contributed by atoms with van der Waals surface area (Å²) >= 11 is 6.28. The molecule has 0 aromatic carbocycles. The highest BCUT2D eigenvalue weighted by Gasteiger charge is 2.40. The van der Waals surface area contributed by atoms with Gasteiger partial charge in [-0.05, 0) is 26.7 Å². The summed E-state index contributed by atoms with van der Waals surface area (Å²) in [6.45, 7) is 9.61. The van der Waals surface area contributed by atoms with Gasteiger partial charge in [0, 0.05) is 13.2 Å². The highest BCUT2D eigenvalue weighted by atomic mass is 35.5. The molecule has 0 aliphatic heterocycles. The average Bonchev–Trinajstić information content (AvgIpc) is 2.80. The van der Waals surface area contributed by atoms with E-state index in [4.69, 9.17) is 22.2 Å². The van der Waals surface area contributed by atoms with Gasteiger partial charge in [-0.15, -0.1) is 0 Å². The molecule has 6 heteroatoms. The molecular formula is C13H25ClN4O.